The van der Waals surface area contributed by atoms with Crippen molar-refractivity contribution in [3.8, 4) is 16.9 Å². The molecule has 2 aromatic carbocycles. The van der Waals surface area contributed by atoms with Gasteiger partial charge in [0.05, 0.1) is 5.41 Å². The number of ether oxygens (including phenoxy) is 1. The Morgan fingerprint density at radius 1 is 1.10 bits per heavy atom. The summed E-state index contributed by atoms with van der Waals surface area (Å²) in [6, 6.07) is 12.0. The van der Waals surface area contributed by atoms with Gasteiger partial charge in [0.25, 0.3) is 6.36 Å². The number of aromatic nitrogens is 2. The van der Waals surface area contributed by atoms with Crippen molar-refractivity contribution in [1.29, 1.82) is 0 Å². The molecule has 0 aliphatic carbocycles. The van der Waals surface area contributed by atoms with Crippen LogP contribution in [0.3, 0.4) is 0 Å². The quantitative estimate of drug-likeness (QED) is 0.640. The third kappa shape index (κ3) is 4.23. The number of hydrogen-bond acceptors (Lipinski definition) is 4. The lowest BCUT2D eigenvalue weighted by atomic mass is 9.72. The molecular formula is C23H20F3N3O2. The lowest BCUT2D eigenvalue weighted by Gasteiger charge is -2.35. The fourth-order valence-electron chi connectivity index (χ4n) is 3.85. The van der Waals surface area contributed by atoms with E-state index < -0.39 is 18.2 Å². The third-order valence-electron chi connectivity index (χ3n) is 5.43. The Balaban J connectivity index is 1.71. The Labute approximate surface area is 177 Å². The number of fused-ring (bicyclic) bond motifs is 1. The van der Waals surface area contributed by atoms with E-state index in [0.717, 1.165) is 22.3 Å². The largest absolute Gasteiger partial charge is 0.454 e. The Morgan fingerprint density at radius 3 is 2.58 bits per heavy atom. The number of nitrogens with one attached hydrogen (secondary N) is 1. The molecule has 1 aliphatic rings. The van der Waals surface area contributed by atoms with Crippen LogP contribution in [0.25, 0.3) is 11.1 Å². The molecule has 0 saturated heterocycles. The van der Waals surface area contributed by atoms with Gasteiger partial charge in [-0.3, -0.25) is 4.79 Å². The molecular weight excluding hydrogens is 407 g/mol. The Morgan fingerprint density at radius 2 is 1.84 bits per heavy atom. The minimum atomic E-state index is -3.23. The normalized spacial score (nSPS) is 18.9. The minimum absolute atomic E-state index is 0.00459. The van der Waals surface area contributed by atoms with Crippen molar-refractivity contribution in [1.82, 2.24) is 15.3 Å². The lowest BCUT2D eigenvalue weighted by molar-refractivity contribution is -0.127. The van der Waals surface area contributed by atoms with Crippen LogP contribution < -0.4 is 10.1 Å². The van der Waals surface area contributed by atoms with Crippen LogP contribution in [-0.2, 0) is 23.2 Å². The molecule has 2 atom stereocenters. The molecule has 1 amide bonds. The Bertz CT molecular complexity index is 1090. The van der Waals surface area contributed by atoms with Crippen LogP contribution in [-0.4, -0.2) is 28.7 Å². The highest BCUT2D eigenvalue weighted by Crippen LogP contribution is 2.37. The second-order valence-electron chi connectivity index (χ2n) is 7.64. The van der Waals surface area contributed by atoms with Crippen molar-refractivity contribution >= 4 is 5.91 Å². The molecule has 2 unspecified atom stereocenters. The zero-order valence-electron chi connectivity index (χ0n) is 16.7. The number of alkyl halides is 3. The maximum absolute atomic E-state index is 13.3. The van der Waals surface area contributed by atoms with Crippen LogP contribution in [0.2, 0.25) is 0 Å². The molecule has 5 nitrogen and oxygen atoms in total. The van der Waals surface area contributed by atoms with Crippen LogP contribution in [0, 0.1) is 0 Å². The zero-order chi connectivity index (χ0) is 22.0. The fourth-order valence-corrected chi connectivity index (χ4v) is 3.85. The summed E-state index contributed by atoms with van der Waals surface area (Å²) >= 11 is 0. The molecule has 3 aromatic rings. The summed E-state index contributed by atoms with van der Waals surface area (Å²) in [6.45, 7) is 2.28. The first kappa shape index (κ1) is 20.8. The summed E-state index contributed by atoms with van der Waals surface area (Å²) in [5.41, 5.74) is 3.26. The minimum Gasteiger partial charge on any atom is -0.454 e. The number of nitrogens with zero attached hydrogens (tertiary/aromatic N) is 2. The summed E-state index contributed by atoms with van der Waals surface area (Å²) in [7, 11) is 0. The van der Waals surface area contributed by atoms with Crippen molar-refractivity contribution in [2.24, 2.45) is 0 Å². The average molecular weight is 427 g/mol. The number of rotatable bonds is 6. The average Bonchev–Trinajstić information content (AvgIpc) is 2.77. The van der Waals surface area contributed by atoms with E-state index in [1.807, 2.05) is 25.1 Å². The van der Waals surface area contributed by atoms with E-state index in [1.165, 1.54) is 18.5 Å². The van der Waals surface area contributed by atoms with Gasteiger partial charge in [-0.1, -0.05) is 24.3 Å². The summed E-state index contributed by atoms with van der Waals surface area (Å²) < 4.78 is 42.9. The topological polar surface area (TPSA) is 64.1 Å². The Kier molecular flexibility index (Phi) is 5.63. The van der Waals surface area contributed by atoms with Crippen LogP contribution in [0.4, 0.5) is 13.2 Å². The SMILES string of the molecule is CC1(Cc2cncnc2)C(=O)NCc2ccc(-c3cccc(OC(F)C(F)F)c3)cc21. The molecule has 31 heavy (non-hydrogen) atoms. The molecule has 1 aliphatic heterocycles. The van der Waals surface area contributed by atoms with Crippen molar-refractivity contribution in [2.75, 3.05) is 0 Å². The summed E-state index contributed by atoms with van der Waals surface area (Å²) in [5.74, 6) is -0.0970. The van der Waals surface area contributed by atoms with Gasteiger partial charge in [0.1, 0.15) is 12.1 Å². The van der Waals surface area contributed by atoms with Gasteiger partial charge in [0, 0.05) is 18.9 Å². The van der Waals surface area contributed by atoms with E-state index in [-0.39, 0.29) is 11.7 Å². The number of amides is 1. The molecule has 0 bridgehead atoms. The molecule has 0 saturated carbocycles. The lowest BCUT2D eigenvalue weighted by Crippen LogP contribution is -2.48. The molecule has 0 spiro atoms. The van der Waals surface area contributed by atoms with Crippen LogP contribution in [0.5, 0.6) is 5.75 Å². The van der Waals surface area contributed by atoms with E-state index in [9.17, 15) is 18.0 Å². The molecule has 8 heteroatoms. The van der Waals surface area contributed by atoms with Gasteiger partial charge >= 0.3 is 6.43 Å². The van der Waals surface area contributed by atoms with Crippen LogP contribution in [0.1, 0.15) is 23.6 Å². The van der Waals surface area contributed by atoms with E-state index in [1.54, 1.807) is 24.5 Å². The maximum Gasteiger partial charge on any atom is 0.304 e. The van der Waals surface area contributed by atoms with E-state index in [4.69, 9.17) is 4.74 Å². The van der Waals surface area contributed by atoms with Crippen molar-refractivity contribution in [3.63, 3.8) is 0 Å². The van der Waals surface area contributed by atoms with Crippen molar-refractivity contribution in [3.05, 3.63) is 77.9 Å². The maximum atomic E-state index is 13.3. The van der Waals surface area contributed by atoms with Gasteiger partial charge in [0.2, 0.25) is 5.91 Å². The first-order valence-corrected chi connectivity index (χ1v) is 9.72. The molecule has 160 valence electrons. The summed E-state index contributed by atoms with van der Waals surface area (Å²) in [6.07, 6.45) is -0.713. The zero-order valence-corrected chi connectivity index (χ0v) is 16.7. The second kappa shape index (κ2) is 8.37. The van der Waals surface area contributed by atoms with Gasteiger partial charge in [0.15, 0.2) is 0 Å². The number of carbonyl (C=O) groups excluding carboxylic acids is 1. The number of benzene rings is 2. The third-order valence-corrected chi connectivity index (χ3v) is 5.43. The van der Waals surface area contributed by atoms with Crippen LogP contribution in [0.15, 0.2) is 61.2 Å². The number of hydrogen-bond donors (Lipinski definition) is 1. The molecule has 4 rings (SSSR count). The van der Waals surface area contributed by atoms with Crippen LogP contribution >= 0.6 is 0 Å². The fraction of sp³-hybridized carbons (Fsp3) is 0.261. The Hall–Kier alpha value is -3.42. The standard InChI is InChI=1S/C23H20F3N3O2/c1-23(9-14-10-27-13-28-11-14)19-8-16(5-6-17(19)12-29-22(23)30)15-3-2-4-18(7-15)31-21(26)20(24)25/h2-8,10-11,13,20-21H,9,12H2,1H3,(H,29,30). The van der Waals surface area contributed by atoms with Gasteiger partial charge in [-0.25, -0.2) is 18.7 Å². The predicted octanol–water partition coefficient (Wildman–Crippen LogP) is 4.21. The van der Waals surface area contributed by atoms with E-state index >= 15 is 0 Å². The smallest absolute Gasteiger partial charge is 0.304 e. The highest BCUT2D eigenvalue weighted by molar-refractivity contribution is 5.90. The van der Waals surface area contributed by atoms with Crippen molar-refractivity contribution in [2.45, 2.75) is 38.1 Å². The first-order chi connectivity index (χ1) is 14.9. The van der Waals surface area contributed by atoms with E-state index in [0.29, 0.717) is 18.5 Å². The summed E-state index contributed by atoms with van der Waals surface area (Å²) in [5, 5.41) is 2.94. The van der Waals surface area contributed by atoms with Crippen molar-refractivity contribution < 1.29 is 22.7 Å². The van der Waals surface area contributed by atoms with E-state index in [2.05, 4.69) is 15.3 Å². The molecule has 0 radical (unpaired) electrons. The van der Waals surface area contributed by atoms with Gasteiger partial charge in [-0.05, 0) is 59.4 Å². The molecule has 1 N–H and O–H groups in total. The monoisotopic (exact) mass is 427 g/mol. The van der Waals surface area contributed by atoms with Gasteiger partial charge in [-0.15, -0.1) is 0 Å². The number of carbonyl (C=O) groups is 1. The predicted molar refractivity (Wildman–Crippen MR) is 108 cm³/mol. The van der Waals surface area contributed by atoms with Gasteiger partial charge < -0.3 is 10.1 Å². The molecule has 1 aromatic heterocycles. The van der Waals surface area contributed by atoms with Gasteiger partial charge in [-0.2, -0.15) is 4.39 Å². The summed E-state index contributed by atoms with van der Waals surface area (Å²) in [4.78, 5) is 21.0. The second-order valence-corrected chi connectivity index (χ2v) is 7.64. The highest BCUT2D eigenvalue weighted by Gasteiger charge is 2.40. The first-order valence-electron chi connectivity index (χ1n) is 9.72. The number of halogens is 3. The molecule has 2 heterocycles. The highest BCUT2D eigenvalue weighted by atomic mass is 19.3. The molecule has 0 fully saturated rings.